The number of aryl methyl sites for hydroxylation is 3. The highest BCUT2D eigenvalue weighted by molar-refractivity contribution is 6.00. The SMILES string of the molecule is CC(=O)Nc1cccc(NC(=O)Cc2c(C)c3cc4c(C)coc4c(C)c3oc2=O)c1. The summed E-state index contributed by atoms with van der Waals surface area (Å²) in [4.78, 5) is 36.6. The van der Waals surface area contributed by atoms with Gasteiger partial charge in [-0.15, -0.1) is 0 Å². The van der Waals surface area contributed by atoms with Crippen LogP contribution in [-0.4, -0.2) is 11.8 Å². The number of carbonyl (C=O) groups is 2. The van der Waals surface area contributed by atoms with E-state index >= 15 is 0 Å². The molecule has 0 aliphatic carbocycles. The normalized spacial score (nSPS) is 11.1. The van der Waals surface area contributed by atoms with E-state index in [9.17, 15) is 14.4 Å². The number of anilines is 2. The highest BCUT2D eigenvalue weighted by Gasteiger charge is 2.19. The van der Waals surface area contributed by atoms with Crippen molar-refractivity contribution in [2.75, 3.05) is 10.6 Å². The van der Waals surface area contributed by atoms with Gasteiger partial charge in [-0.3, -0.25) is 9.59 Å². The highest BCUT2D eigenvalue weighted by atomic mass is 16.4. The molecule has 2 aromatic heterocycles. The Bertz CT molecular complexity index is 1410. The van der Waals surface area contributed by atoms with Gasteiger partial charge in [0.15, 0.2) is 0 Å². The van der Waals surface area contributed by atoms with Gasteiger partial charge in [0.25, 0.3) is 0 Å². The molecule has 31 heavy (non-hydrogen) atoms. The van der Waals surface area contributed by atoms with Crippen LogP contribution in [0.4, 0.5) is 11.4 Å². The summed E-state index contributed by atoms with van der Waals surface area (Å²) in [6, 6.07) is 8.74. The first-order chi connectivity index (χ1) is 14.7. The van der Waals surface area contributed by atoms with E-state index in [0.717, 1.165) is 21.9 Å². The molecule has 158 valence electrons. The first-order valence-electron chi connectivity index (χ1n) is 9.85. The van der Waals surface area contributed by atoms with Crippen molar-refractivity contribution >= 4 is 45.1 Å². The van der Waals surface area contributed by atoms with Gasteiger partial charge in [0.1, 0.15) is 11.2 Å². The van der Waals surface area contributed by atoms with Gasteiger partial charge >= 0.3 is 5.63 Å². The molecule has 2 N–H and O–H groups in total. The summed E-state index contributed by atoms with van der Waals surface area (Å²) in [6.07, 6.45) is 1.54. The van der Waals surface area contributed by atoms with Crippen LogP contribution in [0.15, 0.2) is 50.2 Å². The number of amides is 2. The molecule has 4 rings (SSSR count). The van der Waals surface area contributed by atoms with Crippen LogP contribution in [-0.2, 0) is 16.0 Å². The Morgan fingerprint density at radius 1 is 0.935 bits per heavy atom. The van der Waals surface area contributed by atoms with E-state index in [1.165, 1.54) is 6.92 Å². The van der Waals surface area contributed by atoms with Crippen molar-refractivity contribution in [3.8, 4) is 0 Å². The average molecular weight is 418 g/mol. The number of fused-ring (bicyclic) bond motifs is 2. The van der Waals surface area contributed by atoms with E-state index in [1.807, 2.05) is 26.8 Å². The van der Waals surface area contributed by atoms with E-state index in [-0.39, 0.29) is 18.2 Å². The molecule has 0 saturated carbocycles. The Labute approximate surface area is 178 Å². The number of rotatable bonds is 4. The predicted octanol–water partition coefficient (Wildman–Crippen LogP) is 4.60. The molecule has 2 heterocycles. The number of nitrogens with one attached hydrogen (secondary N) is 2. The molecule has 0 atom stereocenters. The quantitative estimate of drug-likeness (QED) is 0.472. The maximum atomic E-state index is 12.7. The molecule has 0 aliphatic rings. The topological polar surface area (TPSA) is 102 Å². The molecular weight excluding hydrogens is 396 g/mol. The molecule has 0 aliphatic heterocycles. The Hall–Kier alpha value is -3.87. The van der Waals surface area contributed by atoms with Gasteiger partial charge in [0.05, 0.1) is 18.2 Å². The molecule has 2 amide bonds. The van der Waals surface area contributed by atoms with Crippen LogP contribution in [0.2, 0.25) is 0 Å². The van der Waals surface area contributed by atoms with Gasteiger partial charge in [-0.2, -0.15) is 0 Å². The Balaban J connectivity index is 1.67. The second-order valence-electron chi connectivity index (χ2n) is 7.65. The minimum atomic E-state index is -0.544. The highest BCUT2D eigenvalue weighted by Crippen LogP contribution is 2.32. The maximum Gasteiger partial charge on any atom is 0.340 e. The minimum absolute atomic E-state index is 0.129. The lowest BCUT2D eigenvalue weighted by Crippen LogP contribution is -2.21. The molecule has 4 aromatic rings. The first kappa shape index (κ1) is 20.4. The molecular formula is C24H22N2O5. The largest absolute Gasteiger partial charge is 0.464 e. The van der Waals surface area contributed by atoms with E-state index < -0.39 is 5.63 Å². The first-order valence-corrected chi connectivity index (χ1v) is 9.85. The van der Waals surface area contributed by atoms with E-state index in [4.69, 9.17) is 8.83 Å². The summed E-state index contributed by atoms with van der Waals surface area (Å²) >= 11 is 0. The van der Waals surface area contributed by atoms with Gasteiger partial charge in [-0.05, 0) is 56.2 Å². The van der Waals surface area contributed by atoms with Gasteiger partial charge in [-0.1, -0.05) is 6.07 Å². The summed E-state index contributed by atoms with van der Waals surface area (Å²) in [5, 5.41) is 7.17. The van der Waals surface area contributed by atoms with Crippen LogP contribution in [0.3, 0.4) is 0 Å². The van der Waals surface area contributed by atoms with Crippen molar-refractivity contribution in [2.45, 2.75) is 34.1 Å². The summed E-state index contributed by atoms with van der Waals surface area (Å²) < 4.78 is 11.2. The lowest BCUT2D eigenvalue weighted by molar-refractivity contribution is -0.116. The molecule has 0 spiro atoms. The molecule has 0 saturated heterocycles. The van der Waals surface area contributed by atoms with Crippen LogP contribution in [0.5, 0.6) is 0 Å². The third kappa shape index (κ3) is 3.82. The van der Waals surface area contributed by atoms with Crippen LogP contribution >= 0.6 is 0 Å². The molecule has 0 bridgehead atoms. The third-order valence-corrected chi connectivity index (χ3v) is 5.34. The molecule has 7 nitrogen and oxygen atoms in total. The lowest BCUT2D eigenvalue weighted by Gasteiger charge is -2.11. The van der Waals surface area contributed by atoms with Crippen molar-refractivity contribution in [3.63, 3.8) is 0 Å². The van der Waals surface area contributed by atoms with E-state index in [0.29, 0.717) is 33.7 Å². The number of furan rings is 1. The van der Waals surface area contributed by atoms with Gasteiger partial charge < -0.3 is 19.5 Å². The van der Waals surface area contributed by atoms with Crippen LogP contribution < -0.4 is 16.3 Å². The average Bonchev–Trinajstić information content (AvgIpc) is 3.07. The molecule has 7 heteroatoms. The van der Waals surface area contributed by atoms with Gasteiger partial charge in [-0.25, -0.2) is 4.79 Å². The summed E-state index contributed by atoms with van der Waals surface area (Å²) in [7, 11) is 0. The second-order valence-corrected chi connectivity index (χ2v) is 7.65. The van der Waals surface area contributed by atoms with E-state index in [1.54, 1.807) is 30.5 Å². The lowest BCUT2D eigenvalue weighted by atomic mass is 9.99. The van der Waals surface area contributed by atoms with Gasteiger partial charge in [0, 0.05) is 34.6 Å². The number of hydrogen-bond donors (Lipinski definition) is 2. The van der Waals surface area contributed by atoms with E-state index in [2.05, 4.69) is 10.6 Å². The number of hydrogen-bond acceptors (Lipinski definition) is 5. The fourth-order valence-corrected chi connectivity index (χ4v) is 3.77. The Kier molecular flexibility index (Phi) is 5.10. The predicted molar refractivity (Wildman–Crippen MR) is 120 cm³/mol. The smallest absolute Gasteiger partial charge is 0.340 e. The van der Waals surface area contributed by atoms with Crippen LogP contribution in [0.25, 0.3) is 21.9 Å². The van der Waals surface area contributed by atoms with Crippen molar-refractivity contribution in [1.29, 1.82) is 0 Å². The molecule has 0 fully saturated rings. The zero-order valence-corrected chi connectivity index (χ0v) is 17.7. The monoisotopic (exact) mass is 418 g/mol. The van der Waals surface area contributed by atoms with Crippen molar-refractivity contribution in [2.24, 2.45) is 0 Å². The third-order valence-electron chi connectivity index (χ3n) is 5.34. The molecule has 2 aromatic carbocycles. The number of benzene rings is 2. The fraction of sp³-hybridized carbons (Fsp3) is 0.208. The maximum absolute atomic E-state index is 12.7. The Morgan fingerprint density at radius 2 is 1.65 bits per heavy atom. The van der Waals surface area contributed by atoms with Crippen molar-refractivity contribution < 1.29 is 18.4 Å². The Morgan fingerprint density at radius 3 is 2.35 bits per heavy atom. The van der Waals surface area contributed by atoms with Crippen molar-refractivity contribution in [1.82, 2.24) is 0 Å². The fourth-order valence-electron chi connectivity index (χ4n) is 3.77. The summed E-state index contributed by atoms with van der Waals surface area (Å²) in [6.45, 7) is 7.03. The van der Waals surface area contributed by atoms with Crippen molar-refractivity contribution in [3.05, 3.63) is 69.3 Å². The minimum Gasteiger partial charge on any atom is -0.464 e. The molecule has 0 radical (unpaired) electrons. The zero-order chi connectivity index (χ0) is 22.3. The zero-order valence-electron chi connectivity index (χ0n) is 17.7. The van der Waals surface area contributed by atoms with Crippen LogP contribution in [0.1, 0.15) is 29.2 Å². The summed E-state index contributed by atoms with van der Waals surface area (Å²) in [5.74, 6) is -0.558. The molecule has 0 unspecified atom stereocenters. The second kappa shape index (κ2) is 7.75. The summed E-state index contributed by atoms with van der Waals surface area (Å²) in [5.41, 5.74) is 4.47. The standard InChI is InChI=1S/C24H22N2O5/c1-12-11-30-22-14(3)23-19(9-18(12)22)13(2)20(24(29)31-23)10-21(28)26-17-7-5-6-16(8-17)25-15(4)27/h5-9,11H,10H2,1-4H3,(H,25,27)(H,26,28). The number of carbonyl (C=O) groups excluding carboxylic acids is 2. The van der Waals surface area contributed by atoms with Gasteiger partial charge in [0.2, 0.25) is 11.8 Å². The van der Waals surface area contributed by atoms with Crippen LogP contribution in [0, 0.1) is 20.8 Å².